The second-order valence-corrected chi connectivity index (χ2v) is 4.37. The summed E-state index contributed by atoms with van der Waals surface area (Å²) in [6.45, 7) is 1.16. The lowest BCUT2D eigenvalue weighted by atomic mass is 10.1. The molecule has 0 spiro atoms. The molecule has 1 atom stereocenters. The van der Waals surface area contributed by atoms with Gasteiger partial charge in [0.1, 0.15) is 0 Å². The summed E-state index contributed by atoms with van der Waals surface area (Å²) < 4.78 is 0. The van der Waals surface area contributed by atoms with Gasteiger partial charge in [0.15, 0.2) is 0 Å². The summed E-state index contributed by atoms with van der Waals surface area (Å²) in [5.41, 5.74) is 7.61. The van der Waals surface area contributed by atoms with Crippen LogP contribution in [-0.4, -0.2) is 18.3 Å². The number of nitrogens with zero attached hydrogens (tertiary/aromatic N) is 1. The SMILES string of the molecule is NCc1ccccc1N1CC(CCl)CC1=O. The van der Waals surface area contributed by atoms with E-state index in [9.17, 15) is 4.79 Å². The van der Waals surface area contributed by atoms with Crippen molar-refractivity contribution >= 4 is 23.2 Å². The summed E-state index contributed by atoms with van der Waals surface area (Å²) in [7, 11) is 0. The van der Waals surface area contributed by atoms with E-state index in [0.29, 0.717) is 25.4 Å². The second-order valence-electron chi connectivity index (χ2n) is 4.06. The van der Waals surface area contributed by atoms with Gasteiger partial charge in [-0.1, -0.05) is 18.2 Å². The molecule has 0 aliphatic carbocycles. The zero-order valence-corrected chi connectivity index (χ0v) is 9.78. The van der Waals surface area contributed by atoms with Crippen molar-refractivity contribution in [1.82, 2.24) is 0 Å². The number of hydrogen-bond donors (Lipinski definition) is 1. The van der Waals surface area contributed by atoms with Crippen molar-refractivity contribution < 1.29 is 4.79 Å². The minimum Gasteiger partial charge on any atom is -0.326 e. The molecule has 86 valence electrons. The van der Waals surface area contributed by atoms with Gasteiger partial charge in [0.25, 0.3) is 0 Å². The third kappa shape index (κ3) is 2.06. The van der Waals surface area contributed by atoms with Crippen LogP contribution in [0.1, 0.15) is 12.0 Å². The van der Waals surface area contributed by atoms with Crippen LogP contribution in [0.4, 0.5) is 5.69 Å². The number of hydrogen-bond acceptors (Lipinski definition) is 2. The summed E-state index contributed by atoms with van der Waals surface area (Å²) in [6, 6.07) is 7.76. The van der Waals surface area contributed by atoms with Crippen molar-refractivity contribution in [1.29, 1.82) is 0 Å². The van der Waals surface area contributed by atoms with E-state index in [-0.39, 0.29) is 11.8 Å². The summed E-state index contributed by atoms with van der Waals surface area (Å²) in [4.78, 5) is 13.6. The third-order valence-corrected chi connectivity index (χ3v) is 3.36. The normalized spacial score (nSPS) is 20.5. The van der Waals surface area contributed by atoms with Crippen molar-refractivity contribution in [3.05, 3.63) is 29.8 Å². The molecule has 1 aromatic rings. The molecule has 1 saturated heterocycles. The van der Waals surface area contributed by atoms with E-state index >= 15 is 0 Å². The van der Waals surface area contributed by atoms with Crippen LogP contribution < -0.4 is 10.6 Å². The standard InChI is InChI=1S/C12H15ClN2O/c13-6-9-5-12(16)15(8-9)11-4-2-1-3-10(11)7-14/h1-4,9H,5-8,14H2. The van der Waals surface area contributed by atoms with Crippen molar-refractivity contribution in [2.45, 2.75) is 13.0 Å². The minimum absolute atomic E-state index is 0.145. The lowest BCUT2D eigenvalue weighted by Crippen LogP contribution is -2.26. The summed E-state index contributed by atoms with van der Waals surface area (Å²) in [6.07, 6.45) is 0.544. The fourth-order valence-corrected chi connectivity index (χ4v) is 2.27. The lowest BCUT2D eigenvalue weighted by molar-refractivity contribution is -0.117. The van der Waals surface area contributed by atoms with Gasteiger partial charge >= 0.3 is 0 Å². The molecule has 16 heavy (non-hydrogen) atoms. The molecule has 1 aliphatic heterocycles. The van der Waals surface area contributed by atoms with Crippen molar-refractivity contribution in [2.75, 3.05) is 17.3 Å². The van der Waals surface area contributed by atoms with Gasteiger partial charge < -0.3 is 10.6 Å². The first-order valence-corrected chi connectivity index (χ1v) is 5.94. The quantitative estimate of drug-likeness (QED) is 0.816. The Kier molecular flexibility index (Phi) is 3.46. The molecule has 2 rings (SSSR count). The maximum atomic E-state index is 11.8. The van der Waals surface area contributed by atoms with Gasteiger partial charge in [0.05, 0.1) is 0 Å². The Bertz CT molecular complexity index is 394. The molecule has 1 fully saturated rings. The molecular formula is C12H15ClN2O. The van der Waals surface area contributed by atoms with Crippen LogP contribution in [0.3, 0.4) is 0 Å². The zero-order valence-electron chi connectivity index (χ0n) is 9.03. The molecule has 0 bridgehead atoms. The third-order valence-electron chi connectivity index (χ3n) is 2.93. The van der Waals surface area contributed by atoms with E-state index in [0.717, 1.165) is 11.3 Å². The highest BCUT2D eigenvalue weighted by Crippen LogP contribution is 2.28. The van der Waals surface area contributed by atoms with E-state index in [1.807, 2.05) is 24.3 Å². The average molecular weight is 239 g/mol. The first-order valence-electron chi connectivity index (χ1n) is 5.40. The maximum Gasteiger partial charge on any atom is 0.227 e. The molecule has 1 unspecified atom stereocenters. The van der Waals surface area contributed by atoms with Gasteiger partial charge in [0, 0.05) is 31.1 Å². The molecule has 0 radical (unpaired) electrons. The van der Waals surface area contributed by atoms with E-state index < -0.39 is 0 Å². The number of alkyl halides is 1. The number of para-hydroxylation sites is 1. The number of amides is 1. The Morgan fingerprint density at radius 2 is 2.19 bits per heavy atom. The van der Waals surface area contributed by atoms with Crippen LogP contribution in [0.2, 0.25) is 0 Å². The van der Waals surface area contributed by atoms with Crippen LogP contribution in [0.5, 0.6) is 0 Å². The second kappa shape index (κ2) is 4.85. The van der Waals surface area contributed by atoms with Crippen LogP contribution in [-0.2, 0) is 11.3 Å². The largest absolute Gasteiger partial charge is 0.326 e. The summed E-state index contributed by atoms with van der Waals surface area (Å²) in [5.74, 6) is 0.944. The molecule has 1 aromatic carbocycles. The molecule has 1 heterocycles. The number of rotatable bonds is 3. The van der Waals surface area contributed by atoms with Gasteiger partial charge in [-0.25, -0.2) is 0 Å². The van der Waals surface area contributed by atoms with E-state index in [2.05, 4.69) is 0 Å². The van der Waals surface area contributed by atoms with Gasteiger partial charge in [-0.3, -0.25) is 4.79 Å². The van der Waals surface area contributed by atoms with Gasteiger partial charge in [-0.2, -0.15) is 0 Å². The first-order chi connectivity index (χ1) is 7.76. The van der Waals surface area contributed by atoms with E-state index in [1.165, 1.54) is 0 Å². The number of nitrogens with two attached hydrogens (primary N) is 1. The molecule has 3 nitrogen and oxygen atoms in total. The van der Waals surface area contributed by atoms with Crippen molar-refractivity contribution in [3.8, 4) is 0 Å². The van der Waals surface area contributed by atoms with Gasteiger partial charge in [-0.15, -0.1) is 11.6 Å². The lowest BCUT2D eigenvalue weighted by Gasteiger charge is -2.19. The Morgan fingerprint density at radius 1 is 1.44 bits per heavy atom. The zero-order chi connectivity index (χ0) is 11.5. The number of halogens is 1. The highest BCUT2D eigenvalue weighted by atomic mass is 35.5. The van der Waals surface area contributed by atoms with Gasteiger partial charge in [0.2, 0.25) is 5.91 Å². The molecule has 0 saturated carbocycles. The molecule has 0 aromatic heterocycles. The average Bonchev–Trinajstić information content (AvgIpc) is 2.70. The van der Waals surface area contributed by atoms with Crippen molar-refractivity contribution in [3.63, 3.8) is 0 Å². The van der Waals surface area contributed by atoms with E-state index in [1.54, 1.807) is 4.90 Å². The maximum absolute atomic E-state index is 11.8. The Hall–Kier alpha value is -1.06. The Labute approximate surface area is 100 Å². The van der Waals surface area contributed by atoms with Crippen LogP contribution in [0, 0.1) is 5.92 Å². The van der Waals surface area contributed by atoms with Crippen LogP contribution >= 0.6 is 11.6 Å². The molecule has 1 amide bonds. The number of benzene rings is 1. The summed E-state index contributed by atoms with van der Waals surface area (Å²) in [5, 5.41) is 0. The smallest absolute Gasteiger partial charge is 0.227 e. The molecule has 4 heteroatoms. The first kappa shape index (κ1) is 11.4. The van der Waals surface area contributed by atoms with Crippen LogP contribution in [0.15, 0.2) is 24.3 Å². The minimum atomic E-state index is 0.145. The predicted molar refractivity (Wildman–Crippen MR) is 65.5 cm³/mol. The fourth-order valence-electron chi connectivity index (χ4n) is 2.06. The number of carbonyl (C=O) groups is 1. The van der Waals surface area contributed by atoms with Gasteiger partial charge in [-0.05, 0) is 17.5 Å². The Morgan fingerprint density at radius 3 is 2.81 bits per heavy atom. The molecule has 1 aliphatic rings. The Balaban J connectivity index is 2.27. The number of carbonyl (C=O) groups excluding carboxylic acids is 1. The van der Waals surface area contributed by atoms with Crippen molar-refractivity contribution in [2.24, 2.45) is 11.7 Å². The topological polar surface area (TPSA) is 46.3 Å². The predicted octanol–water partition coefficient (Wildman–Crippen LogP) is 1.74. The highest BCUT2D eigenvalue weighted by Gasteiger charge is 2.30. The summed E-state index contributed by atoms with van der Waals surface area (Å²) >= 11 is 5.80. The monoisotopic (exact) mass is 238 g/mol. The van der Waals surface area contributed by atoms with E-state index in [4.69, 9.17) is 17.3 Å². The van der Waals surface area contributed by atoms with Crippen LogP contribution in [0.25, 0.3) is 0 Å². The highest BCUT2D eigenvalue weighted by molar-refractivity contribution is 6.18. The molecular weight excluding hydrogens is 224 g/mol. The number of anilines is 1. The fraction of sp³-hybridized carbons (Fsp3) is 0.417. The molecule has 2 N–H and O–H groups in total.